The van der Waals surface area contributed by atoms with Gasteiger partial charge in [0.2, 0.25) is 5.91 Å². The van der Waals surface area contributed by atoms with Crippen molar-refractivity contribution in [1.29, 1.82) is 0 Å². The summed E-state index contributed by atoms with van der Waals surface area (Å²) in [6.07, 6.45) is -13.9. The van der Waals surface area contributed by atoms with Crippen LogP contribution in [0.25, 0.3) is 0 Å². The minimum Gasteiger partial charge on any atom is -0.497 e. The number of amides is 1. The lowest BCUT2D eigenvalue weighted by atomic mass is 9.94. The quantitative estimate of drug-likeness (QED) is 0.0447. The van der Waals surface area contributed by atoms with Gasteiger partial charge in [0.05, 0.1) is 27.4 Å². The number of hydrogen-bond donors (Lipinski definition) is 2. The van der Waals surface area contributed by atoms with Crippen molar-refractivity contribution in [3.8, 4) is 5.75 Å². The Labute approximate surface area is 413 Å². The predicted molar refractivity (Wildman–Crippen MR) is 260 cm³/mol. The van der Waals surface area contributed by atoms with Gasteiger partial charge in [-0.2, -0.15) is 8.42 Å². The van der Waals surface area contributed by atoms with Gasteiger partial charge in [0, 0.05) is 35.6 Å². The average molecular weight is 1040 g/mol. The van der Waals surface area contributed by atoms with E-state index in [0.717, 1.165) is 37.4 Å². The first-order chi connectivity index (χ1) is 33.0. The van der Waals surface area contributed by atoms with E-state index in [4.69, 9.17) is 56.0 Å². The highest BCUT2D eigenvalue weighted by atomic mass is 32.3. The second kappa shape index (κ2) is 25.0. The van der Waals surface area contributed by atoms with Crippen LogP contribution in [-0.2, 0) is 82.6 Å². The second-order valence-corrected chi connectivity index (χ2v) is 30.2. The Morgan fingerprint density at radius 2 is 1.39 bits per heavy atom. The minimum atomic E-state index is -5.35. The van der Waals surface area contributed by atoms with E-state index in [-0.39, 0.29) is 20.0 Å². The number of esters is 2. The molecule has 2 heterocycles. The Morgan fingerprint density at radius 1 is 0.771 bits per heavy atom. The molecule has 0 saturated carbocycles. The zero-order chi connectivity index (χ0) is 51.4. The van der Waals surface area contributed by atoms with Crippen LogP contribution in [-0.4, -0.2) is 150 Å². The molecule has 70 heavy (non-hydrogen) atoms. The van der Waals surface area contributed by atoms with E-state index in [1.165, 1.54) is 14.2 Å². The van der Waals surface area contributed by atoms with Gasteiger partial charge < -0.3 is 57.1 Å². The molecule has 2 aliphatic rings. The lowest BCUT2D eigenvalue weighted by molar-refractivity contribution is -0.348. The minimum absolute atomic E-state index is 0.158. The largest absolute Gasteiger partial charge is 0.497 e. The number of nitrogens with one attached hydrogen (secondary N) is 1. The SMILES string of the molecule is COC(=O)[C@H]1O[C@H](OC)[C@H](OC(C)=O)[C@@H](OCOCC[Si](C)(C)C)[C@@H]1O[C@H]1O[C@H](CO[Si](c2ccccc2)(c2ccccc2)C(C)(C)C)[C@@H](OCc2ccc(OC)cc2)[C@H](OS(=O)(=O)O)[C@H]1NC(C)=O. The lowest BCUT2D eigenvalue weighted by Gasteiger charge is -2.50. The molecule has 5 rings (SSSR count). The molecule has 0 spiro atoms. The van der Waals surface area contributed by atoms with Crippen molar-refractivity contribution in [2.24, 2.45) is 0 Å². The van der Waals surface area contributed by atoms with Gasteiger partial charge in [-0.15, -0.1) is 0 Å². The highest BCUT2D eigenvalue weighted by molar-refractivity contribution is 7.80. The molecule has 2 saturated heterocycles. The Balaban J connectivity index is 1.68. The second-order valence-electron chi connectivity index (χ2n) is 19.2. The third-order valence-electron chi connectivity index (χ3n) is 11.8. The molecule has 0 aromatic heterocycles. The van der Waals surface area contributed by atoms with Gasteiger partial charge in [-0.1, -0.05) is 113 Å². The molecule has 0 unspecified atom stereocenters. The molecule has 2 fully saturated rings. The van der Waals surface area contributed by atoms with Crippen molar-refractivity contribution in [2.75, 3.05) is 41.3 Å². The van der Waals surface area contributed by atoms with E-state index >= 15 is 0 Å². The summed E-state index contributed by atoms with van der Waals surface area (Å²) in [5.41, 5.74) is 0.629. The predicted octanol–water partition coefficient (Wildman–Crippen LogP) is 4.13. The molecule has 388 valence electrons. The maximum absolute atomic E-state index is 13.7. The van der Waals surface area contributed by atoms with Crippen LogP contribution in [0.15, 0.2) is 84.9 Å². The van der Waals surface area contributed by atoms with Crippen molar-refractivity contribution >= 4 is 55.0 Å². The average Bonchev–Trinajstić information content (AvgIpc) is 3.29. The summed E-state index contributed by atoms with van der Waals surface area (Å²) in [5.74, 6) is -1.85. The number of carbonyl (C=O) groups is 3. The van der Waals surface area contributed by atoms with Gasteiger partial charge in [0.15, 0.2) is 24.8 Å². The highest BCUT2D eigenvalue weighted by Crippen LogP contribution is 2.39. The monoisotopic (exact) mass is 1040 g/mol. The molecule has 0 aliphatic carbocycles. The van der Waals surface area contributed by atoms with Crippen LogP contribution in [0.3, 0.4) is 0 Å². The Hall–Kier alpha value is -4.15. The van der Waals surface area contributed by atoms with Gasteiger partial charge in [0.1, 0.15) is 49.1 Å². The van der Waals surface area contributed by atoms with Crippen molar-refractivity contribution in [3.05, 3.63) is 90.5 Å². The normalized spacial score (nSPS) is 25.4. The van der Waals surface area contributed by atoms with Gasteiger partial charge in [-0.3, -0.25) is 14.1 Å². The fourth-order valence-corrected chi connectivity index (χ4v) is 14.4. The van der Waals surface area contributed by atoms with Crippen molar-refractivity contribution in [2.45, 2.75) is 133 Å². The molecule has 22 heteroatoms. The fourth-order valence-electron chi connectivity index (χ4n) is 8.56. The molecule has 1 amide bonds. The fraction of sp³-hybridized carbons (Fsp3) is 0.562. The standard InChI is InChI=1S/C48H69NO18SSi2/c1-31(50)49-38-40(67-68(53,54)55)39(60-28-33-22-24-34(56-6)25-23-33)37(29-62-70(48(3,4)5,35-18-14-12-15-19-35)36-20-16-13-17-21-36)64-46(38)65-42-41(61-30-59-26-27-69(9,10)11)44(63-32(2)51)47(58-8)66-43(42)45(52)57-7/h12-25,37-44,46-47H,26-30H2,1-11H3,(H,49,50)(H,53,54,55)/t37-,38-,39-,40-,41+,42+,43+,44-,46-,47+/m1/s1. The van der Waals surface area contributed by atoms with E-state index in [0.29, 0.717) is 17.9 Å². The maximum atomic E-state index is 13.7. The number of benzene rings is 3. The Bertz CT molecular complexity index is 2210. The highest BCUT2D eigenvalue weighted by Gasteiger charge is 2.58. The number of hydrogen-bond acceptors (Lipinski definition) is 17. The summed E-state index contributed by atoms with van der Waals surface area (Å²) in [6.45, 7) is 14.5. The molecular weight excluding hydrogens is 967 g/mol. The molecule has 10 atom stereocenters. The van der Waals surface area contributed by atoms with Crippen molar-refractivity contribution in [1.82, 2.24) is 5.32 Å². The van der Waals surface area contributed by atoms with Gasteiger partial charge >= 0.3 is 22.3 Å². The number of methoxy groups -OCH3 is 3. The summed E-state index contributed by atoms with van der Waals surface area (Å²) in [4.78, 5) is 39.6. The van der Waals surface area contributed by atoms with Crippen molar-refractivity contribution in [3.63, 3.8) is 0 Å². The van der Waals surface area contributed by atoms with E-state index in [2.05, 4.69) is 45.7 Å². The molecule has 3 aromatic carbocycles. The topological polar surface area (TPSA) is 228 Å². The maximum Gasteiger partial charge on any atom is 0.397 e. The molecule has 3 aromatic rings. The van der Waals surface area contributed by atoms with E-state index in [9.17, 15) is 27.4 Å². The van der Waals surface area contributed by atoms with Crippen LogP contribution in [0.1, 0.15) is 40.2 Å². The number of ether oxygens (including phenoxy) is 10. The van der Waals surface area contributed by atoms with Crippen LogP contribution in [0.5, 0.6) is 5.75 Å². The molecule has 0 bridgehead atoms. The zero-order valence-electron chi connectivity index (χ0n) is 41.7. The third-order valence-corrected chi connectivity index (χ3v) is 19.0. The number of carbonyl (C=O) groups excluding carboxylic acids is 3. The molecular formula is C48H69NO18SSi2. The van der Waals surface area contributed by atoms with Gasteiger partial charge in [0.25, 0.3) is 8.32 Å². The Kier molecular flexibility index (Phi) is 20.3. The summed E-state index contributed by atoms with van der Waals surface area (Å²) in [5, 5.41) is 3.93. The summed E-state index contributed by atoms with van der Waals surface area (Å²) in [6, 6.07) is 25.5. The zero-order valence-corrected chi connectivity index (χ0v) is 44.5. The van der Waals surface area contributed by atoms with Crippen LogP contribution in [0, 0.1) is 0 Å². The Morgan fingerprint density at radius 3 is 1.89 bits per heavy atom. The summed E-state index contributed by atoms with van der Waals surface area (Å²) in [7, 11) is -6.38. The molecule has 0 radical (unpaired) electrons. The van der Waals surface area contributed by atoms with Crippen LogP contribution in [0.4, 0.5) is 0 Å². The van der Waals surface area contributed by atoms with Crippen molar-refractivity contribution < 1.29 is 83.3 Å². The van der Waals surface area contributed by atoms with E-state index in [1.807, 2.05) is 60.7 Å². The summed E-state index contributed by atoms with van der Waals surface area (Å²) >= 11 is 0. The first-order valence-corrected chi connectivity index (χ1v) is 29.9. The molecule has 19 nitrogen and oxygen atoms in total. The first-order valence-electron chi connectivity index (χ1n) is 22.9. The molecule has 2 N–H and O–H groups in total. The van der Waals surface area contributed by atoms with Crippen LogP contribution >= 0.6 is 0 Å². The summed E-state index contributed by atoms with van der Waals surface area (Å²) < 4.78 is 110. The molecule has 2 aliphatic heterocycles. The van der Waals surface area contributed by atoms with E-state index < -0.39 is 111 Å². The van der Waals surface area contributed by atoms with Crippen LogP contribution in [0.2, 0.25) is 30.7 Å². The van der Waals surface area contributed by atoms with Gasteiger partial charge in [-0.05, 0) is 39.2 Å². The lowest BCUT2D eigenvalue weighted by Crippen LogP contribution is -2.71. The smallest absolute Gasteiger partial charge is 0.397 e. The van der Waals surface area contributed by atoms with Gasteiger partial charge in [-0.25, -0.2) is 8.98 Å². The number of rotatable bonds is 23. The van der Waals surface area contributed by atoms with Crippen LogP contribution < -0.4 is 20.4 Å². The first kappa shape index (κ1) is 56.8. The van der Waals surface area contributed by atoms with E-state index in [1.54, 1.807) is 24.3 Å². The third kappa shape index (κ3) is 15.0.